The average molecular weight is 470 g/mol. The van der Waals surface area contributed by atoms with Gasteiger partial charge in [0.25, 0.3) is 5.91 Å². The zero-order chi connectivity index (χ0) is 24.5. The quantitative estimate of drug-likeness (QED) is 0.547. The molecule has 3 aromatic rings. The molecule has 2 atom stereocenters. The topological polar surface area (TPSA) is 93.5 Å². The van der Waals surface area contributed by atoms with Crippen molar-refractivity contribution in [1.29, 1.82) is 0 Å². The first-order valence-electron chi connectivity index (χ1n) is 11.6. The molecule has 1 aliphatic heterocycles. The molecule has 0 saturated heterocycles. The smallest absolute Gasteiger partial charge is 0.255 e. The highest BCUT2D eigenvalue weighted by Crippen LogP contribution is 2.47. The molecule has 1 aromatic carbocycles. The van der Waals surface area contributed by atoms with Crippen molar-refractivity contribution in [3.05, 3.63) is 100 Å². The molecule has 1 aliphatic carbocycles. The number of allylic oxidation sites excluding steroid dienone is 3. The molecule has 1 amide bonds. The van der Waals surface area contributed by atoms with Crippen molar-refractivity contribution in [2.75, 3.05) is 12.4 Å². The number of ether oxygens (including phenoxy) is 1. The van der Waals surface area contributed by atoms with Crippen LogP contribution in [0.1, 0.15) is 48.6 Å². The van der Waals surface area contributed by atoms with Gasteiger partial charge in [-0.05, 0) is 50.6 Å². The number of dihydropyridines is 1. The number of methoxy groups -OCH3 is 1. The van der Waals surface area contributed by atoms with Crippen LogP contribution in [-0.4, -0.2) is 23.8 Å². The molecule has 7 nitrogen and oxygen atoms in total. The standard InChI is InChI=1S/C28H27N3O4/c1-16-8-6-12-24(29-16)31-28(33)25-17(2)30-20-14-18(22-11-7-13-35-22)15-21(32)27(20)26(25)19-9-4-5-10-23(19)34-3/h4-13,18,26,30H,14-15H2,1-3H3,(H,29,31,33). The van der Waals surface area contributed by atoms with E-state index in [-0.39, 0.29) is 17.6 Å². The first-order valence-corrected chi connectivity index (χ1v) is 11.6. The molecule has 2 aromatic heterocycles. The largest absolute Gasteiger partial charge is 0.496 e. The summed E-state index contributed by atoms with van der Waals surface area (Å²) in [5.74, 6) is 0.926. The van der Waals surface area contributed by atoms with Crippen LogP contribution in [0.15, 0.2) is 87.8 Å². The summed E-state index contributed by atoms with van der Waals surface area (Å²) in [6, 6.07) is 16.7. The third-order valence-corrected chi connectivity index (χ3v) is 6.60. The Morgan fingerprint density at radius 3 is 2.66 bits per heavy atom. The summed E-state index contributed by atoms with van der Waals surface area (Å²) in [6.45, 7) is 3.74. The fraction of sp³-hybridized carbons (Fsp3) is 0.250. The molecular formula is C28H27N3O4. The molecule has 3 heterocycles. The number of pyridine rings is 1. The maximum Gasteiger partial charge on any atom is 0.255 e. The molecule has 0 spiro atoms. The van der Waals surface area contributed by atoms with Crippen LogP contribution in [0.3, 0.4) is 0 Å². The number of ketones is 1. The van der Waals surface area contributed by atoms with Crippen LogP contribution in [0.2, 0.25) is 0 Å². The van der Waals surface area contributed by atoms with Crippen LogP contribution in [0, 0.1) is 6.92 Å². The van der Waals surface area contributed by atoms with E-state index in [2.05, 4.69) is 15.6 Å². The van der Waals surface area contributed by atoms with E-state index in [0.717, 1.165) is 22.7 Å². The first kappa shape index (κ1) is 22.7. The van der Waals surface area contributed by atoms with Gasteiger partial charge in [0.05, 0.1) is 19.3 Å². The third-order valence-electron chi connectivity index (χ3n) is 6.60. The monoisotopic (exact) mass is 469 g/mol. The highest BCUT2D eigenvalue weighted by Gasteiger charge is 2.42. The van der Waals surface area contributed by atoms with Gasteiger partial charge in [-0.3, -0.25) is 9.59 Å². The SMILES string of the molecule is COc1ccccc1C1C(C(=O)Nc2cccc(C)n2)=C(C)NC2=C1C(=O)CC(c1ccco1)C2. The number of carbonyl (C=O) groups is 2. The van der Waals surface area contributed by atoms with Crippen LogP contribution in [0.5, 0.6) is 5.75 Å². The van der Waals surface area contributed by atoms with Gasteiger partial charge < -0.3 is 19.8 Å². The Labute approximate surface area is 203 Å². The molecule has 2 unspecified atom stereocenters. The Balaban J connectivity index is 1.60. The van der Waals surface area contributed by atoms with E-state index in [1.165, 1.54) is 0 Å². The van der Waals surface area contributed by atoms with Crippen molar-refractivity contribution >= 4 is 17.5 Å². The predicted molar refractivity (Wildman–Crippen MR) is 132 cm³/mol. The van der Waals surface area contributed by atoms with Crippen LogP contribution in [0.25, 0.3) is 0 Å². The predicted octanol–water partition coefficient (Wildman–Crippen LogP) is 4.99. The Bertz CT molecular complexity index is 1350. The van der Waals surface area contributed by atoms with Gasteiger partial charge in [-0.25, -0.2) is 4.98 Å². The molecule has 2 aliphatic rings. The molecule has 0 saturated carbocycles. The summed E-state index contributed by atoms with van der Waals surface area (Å²) in [5.41, 5.74) is 4.16. The molecule has 5 rings (SSSR count). The lowest BCUT2D eigenvalue weighted by atomic mass is 9.72. The number of nitrogens with zero attached hydrogens (tertiary/aromatic N) is 1. The van der Waals surface area contributed by atoms with E-state index in [0.29, 0.717) is 41.3 Å². The second-order valence-corrected chi connectivity index (χ2v) is 8.89. The summed E-state index contributed by atoms with van der Waals surface area (Å²) in [6.07, 6.45) is 2.56. The minimum Gasteiger partial charge on any atom is -0.496 e. The molecular weight excluding hydrogens is 442 g/mol. The maximum absolute atomic E-state index is 13.7. The molecule has 0 bridgehead atoms. The Hall–Kier alpha value is -4.13. The van der Waals surface area contributed by atoms with Gasteiger partial charge in [-0.15, -0.1) is 0 Å². The van der Waals surface area contributed by atoms with Crippen molar-refractivity contribution in [1.82, 2.24) is 10.3 Å². The van der Waals surface area contributed by atoms with Gasteiger partial charge in [-0.1, -0.05) is 24.3 Å². The highest BCUT2D eigenvalue weighted by atomic mass is 16.5. The second kappa shape index (κ2) is 9.25. The van der Waals surface area contributed by atoms with Gasteiger partial charge in [0.2, 0.25) is 0 Å². The number of carbonyl (C=O) groups excluding carboxylic acids is 2. The number of rotatable bonds is 5. The number of anilines is 1. The summed E-state index contributed by atoms with van der Waals surface area (Å²) in [4.78, 5) is 31.7. The van der Waals surface area contributed by atoms with Gasteiger partial charge in [0.1, 0.15) is 17.3 Å². The Kier molecular flexibility index (Phi) is 5.99. The number of aryl methyl sites for hydroxylation is 1. The van der Waals surface area contributed by atoms with E-state index in [1.807, 2.05) is 62.4 Å². The number of hydrogen-bond donors (Lipinski definition) is 2. The number of hydrogen-bond acceptors (Lipinski definition) is 6. The zero-order valence-corrected chi connectivity index (χ0v) is 19.9. The minimum absolute atomic E-state index is 0.0115. The summed E-state index contributed by atoms with van der Waals surface area (Å²) in [7, 11) is 1.60. The van der Waals surface area contributed by atoms with Gasteiger partial charge in [0, 0.05) is 46.1 Å². The van der Waals surface area contributed by atoms with Gasteiger partial charge in [-0.2, -0.15) is 0 Å². The van der Waals surface area contributed by atoms with E-state index < -0.39 is 5.92 Å². The van der Waals surface area contributed by atoms with Crippen molar-refractivity contribution in [2.45, 2.75) is 38.5 Å². The van der Waals surface area contributed by atoms with Gasteiger partial charge in [0.15, 0.2) is 5.78 Å². The molecule has 0 radical (unpaired) electrons. The number of aromatic nitrogens is 1. The third kappa shape index (κ3) is 4.25. The Morgan fingerprint density at radius 1 is 1.09 bits per heavy atom. The van der Waals surface area contributed by atoms with Crippen LogP contribution < -0.4 is 15.4 Å². The lowest BCUT2D eigenvalue weighted by Gasteiger charge is -2.36. The number of benzene rings is 1. The number of para-hydroxylation sites is 1. The number of nitrogens with one attached hydrogen (secondary N) is 2. The normalized spacial score (nSPS) is 19.8. The fourth-order valence-corrected chi connectivity index (χ4v) is 5.08. The molecule has 0 fully saturated rings. The number of amides is 1. The zero-order valence-electron chi connectivity index (χ0n) is 19.9. The minimum atomic E-state index is -0.572. The highest BCUT2D eigenvalue weighted by molar-refractivity contribution is 6.09. The van der Waals surface area contributed by atoms with E-state index in [4.69, 9.17) is 9.15 Å². The molecule has 35 heavy (non-hydrogen) atoms. The fourth-order valence-electron chi connectivity index (χ4n) is 5.08. The molecule has 7 heteroatoms. The molecule has 2 N–H and O–H groups in total. The van der Waals surface area contributed by atoms with Crippen molar-refractivity contribution in [3.63, 3.8) is 0 Å². The van der Waals surface area contributed by atoms with E-state index >= 15 is 0 Å². The number of Topliss-reactive ketones (excluding diaryl/α,β-unsaturated/α-hetero) is 1. The van der Waals surface area contributed by atoms with Crippen LogP contribution >= 0.6 is 0 Å². The Morgan fingerprint density at radius 2 is 1.91 bits per heavy atom. The summed E-state index contributed by atoms with van der Waals surface area (Å²) in [5, 5.41) is 6.30. The van der Waals surface area contributed by atoms with Crippen molar-refractivity contribution < 1.29 is 18.7 Å². The summed E-state index contributed by atoms with van der Waals surface area (Å²) < 4.78 is 11.3. The van der Waals surface area contributed by atoms with Crippen LogP contribution in [-0.2, 0) is 9.59 Å². The lowest BCUT2D eigenvalue weighted by Crippen LogP contribution is -2.37. The first-order chi connectivity index (χ1) is 17.0. The van der Waals surface area contributed by atoms with Crippen molar-refractivity contribution in [2.24, 2.45) is 0 Å². The lowest BCUT2D eigenvalue weighted by molar-refractivity contribution is -0.116. The van der Waals surface area contributed by atoms with E-state index in [1.54, 1.807) is 19.4 Å². The van der Waals surface area contributed by atoms with Crippen LogP contribution in [0.4, 0.5) is 5.82 Å². The second-order valence-electron chi connectivity index (χ2n) is 8.89. The molecule has 178 valence electrons. The van der Waals surface area contributed by atoms with Gasteiger partial charge >= 0.3 is 0 Å². The van der Waals surface area contributed by atoms with Crippen molar-refractivity contribution in [3.8, 4) is 5.75 Å². The average Bonchev–Trinajstić information content (AvgIpc) is 3.38. The maximum atomic E-state index is 13.7. The van der Waals surface area contributed by atoms with E-state index in [9.17, 15) is 9.59 Å². The summed E-state index contributed by atoms with van der Waals surface area (Å²) >= 11 is 0. The number of furan rings is 1.